The van der Waals surface area contributed by atoms with E-state index in [1.165, 1.54) is 25.0 Å². The lowest BCUT2D eigenvalue weighted by atomic mass is 10.1. The van der Waals surface area contributed by atoms with Crippen LogP contribution in [0.4, 0.5) is 8.78 Å². The zero-order valence-electron chi connectivity index (χ0n) is 15.1. The molecule has 1 fully saturated rings. The fraction of sp³-hybridized carbons (Fsp3) is 0.429. The molecule has 0 atom stereocenters. The van der Waals surface area contributed by atoms with Crippen LogP contribution >= 0.6 is 11.8 Å². The molecule has 1 aliphatic rings. The molecule has 0 N–H and O–H groups in total. The van der Waals surface area contributed by atoms with E-state index >= 15 is 0 Å². The number of ether oxygens (including phenoxy) is 1. The molecule has 1 aromatic heterocycles. The summed E-state index contributed by atoms with van der Waals surface area (Å²) in [5.41, 5.74) is 1.21. The van der Waals surface area contributed by atoms with Gasteiger partial charge < -0.3 is 9.53 Å². The Morgan fingerprint density at radius 3 is 2.63 bits per heavy atom. The maximum absolute atomic E-state index is 14.5. The zero-order valence-corrected chi connectivity index (χ0v) is 15.9. The first-order chi connectivity index (χ1) is 13.2. The lowest BCUT2D eigenvalue weighted by molar-refractivity contribution is -0.107. The van der Waals surface area contributed by atoms with Crippen LogP contribution in [0.15, 0.2) is 35.5 Å². The number of carbonyl (C=O) groups excluding carboxylic acids is 1. The highest BCUT2D eigenvalue weighted by Gasteiger charge is 2.20. The molecule has 3 nitrogen and oxygen atoms in total. The van der Waals surface area contributed by atoms with E-state index in [-0.39, 0.29) is 12.4 Å². The predicted molar refractivity (Wildman–Crippen MR) is 103 cm³/mol. The van der Waals surface area contributed by atoms with Crippen LogP contribution in [-0.2, 0) is 4.79 Å². The summed E-state index contributed by atoms with van der Waals surface area (Å²) >= 11 is 1.69. The van der Waals surface area contributed by atoms with Crippen LogP contribution in [0.1, 0.15) is 44.9 Å². The zero-order chi connectivity index (χ0) is 19.1. The van der Waals surface area contributed by atoms with Gasteiger partial charge in [0.25, 0.3) is 0 Å². The fourth-order valence-corrected chi connectivity index (χ4v) is 4.55. The average molecular weight is 391 g/mol. The highest BCUT2D eigenvalue weighted by molar-refractivity contribution is 8.00. The quantitative estimate of drug-likeness (QED) is 0.399. The molecule has 0 amide bonds. The largest absolute Gasteiger partial charge is 0.488 e. The van der Waals surface area contributed by atoms with E-state index in [9.17, 15) is 13.6 Å². The van der Waals surface area contributed by atoms with Gasteiger partial charge in [-0.2, -0.15) is 0 Å². The standard InChI is InChI=1S/C21H23F2NO2S/c22-18-13-15(14-19(23)20(18)26-12-5-1-4-11-25)17-9-6-10-24-21(17)27-16-7-2-3-8-16/h6,9-11,13-14,16H,1-5,7-8,12H2. The van der Waals surface area contributed by atoms with E-state index < -0.39 is 11.6 Å². The van der Waals surface area contributed by atoms with E-state index in [1.54, 1.807) is 24.0 Å². The highest BCUT2D eigenvalue weighted by atomic mass is 32.2. The van der Waals surface area contributed by atoms with Crippen LogP contribution in [0.2, 0.25) is 0 Å². The van der Waals surface area contributed by atoms with E-state index in [1.807, 2.05) is 6.07 Å². The molecule has 1 heterocycles. The van der Waals surface area contributed by atoms with Gasteiger partial charge in [-0.05, 0) is 49.4 Å². The van der Waals surface area contributed by atoms with Crippen molar-refractivity contribution in [3.63, 3.8) is 0 Å². The molecule has 1 saturated carbocycles. The van der Waals surface area contributed by atoms with Crippen LogP contribution in [0, 0.1) is 11.6 Å². The molecule has 144 valence electrons. The number of benzene rings is 1. The predicted octanol–water partition coefficient (Wildman–Crippen LogP) is 5.81. The van der Waals surface area contributed by atoms with Crippen molar-refractivity contribution in [3.05, 3.63) is 42.1 Å². The second-order valence-corrected chi connectivity index (χ2v) is 7.95. The Labute approximate surface area is 162 Å². The highest BCUT2D eigenvalue weighted by Crippen LogP contribution is 2.39. The van der Waals surface area contributed by atoms with Gasteiger partial charge in [-0.25, -0.2) is 13.8 Å². The minimum absolute atomic E-state index is 0.177. The van der Waals surface area contributed by atoms with Gasteiger partial charge >= 0.3 is 0 Å². The summed E-state index contributed by atoms with van der Waals surface area (Å²) in [7, 11) is 0. The van der Waals surface area contributed by atoms with Gasteiger partial charge in [0.05, 0.1) is 6.61 Å². The number of aromatic nitrogens is 1. The monoisotopic (exact) mass is 391 g/mol. The number of hydrogen-bond donors (Lipinski definition) is 0. The molecular formula is C21H23F2NO2S. The second-order valence-electron chi connectivity index (χ2n) is 6.66. The van der Waals surface area contributed by atoms with Crippen molar-refractivity contribution >= 4 is 18.0 Å². The second kappa shape index (κ2) is 9.83. The van der Waals surface area contributed by atoms with Gasteiger partial charge in [0, 0.05) is 23.4 Å². The number of rotatable bonds is 9. The van der Waals surface area contributed by atoms with Crippen molar-refractivity contribution in [3.8, 4) is 16.9 Å². The number of nitrogens with zero attached hydrogens (tertiary/aromatic N) is 1. The molecule has 6 heteroatoms. The molecule has 1 aromatic carbocycles. The number of thioether (sulfide) groups is 1. The summed E-state index contributed by atoms with van der Waals surface area (Å²) in [6.07, 6.45) is 8.93. The Hall–Kier alpha value is -1.95. The number of unbranched alkanes of at least 4 members (excludes halogenated alkanes) is 2. The van der Waals surface area contributed by atoms with E-state index in [0.29, 0.717) is 30.1 Å². The first-order valence-corrected chi connectivity index (χ1v) is 10.2. The fourth-order valence-electron chi connectivity index (χ4n) is 3.23. The summed E-state index contributed by atoms with van der Waals surface area (Å²) in [6.45, 7) is 0.177. The van der Waals surface area contributed by atoms with Gasteiger partial charge in [-0.3, -0.25) is 0 Å². The third-order valence-electron chi connectivity index (χ3n) is 4.62. The summed E-state index contributed by atoms with van der Waals surface area (Å²) < 4.78 is 34.2. The first-order valence-electron chi connectivity index (χ1n) is 9.36. The molecule has 27 heavy (non-hydrogen) atoms. The molecule has 0 saturated heterocycles. The molecule has 0 radical (unpaired) electrons. The lowest BCUT2D eigenvalue weighted by Gasteiger charge is -2.14. The summed E-state index contributed by atoms with van der Waals surface area (Å²) in [5.74, 6) is -1.80. The smallest absolute Gasteiger partial charge is 0.190 e. The van der Waals surface area contributed by atoms with Gasteiger partial charge in [-0.15, -0.1) is 11.8 Å². The maximum Gasteiger partial charge on any atom is 0.190 e. The Bertz CT molecular complexity index is 756. The molecule has 0 aliphatic heterocycles. The average Bonchev–Trinajstić information content (AvgIpc) is 3.17. The topological polar surface area (TPSA) is 39.2 Å². The van der Waals surface area contributed by atoms with Crippen LogP contribution in [-0.4, -0.2) is 23.1 Å². The lowest BCUT2D eigenvalue weighted by Crippen LogP contribution is -2.02. The summed E-state index contributed by atoms with van der Waals surface area (Å²) in [6, 6.07) is 6.23. The Morgan fingerprint density at radius 2 is 1.93 bits per heavy atom. The van der Waals surface area contributed by atoms with Gasteiger partial charge in [-0.1, -0.05) is 18.9 Å². The van der Waals surface area contributed by atoms with Crippen LogP contribution in [0.25, 0.3) is 11.1 Å². The molecule has 1 aliphatic carbocycles. The van der Waals surface area contributed by atoms with Crippen LogP contribution in [0.3, 0.4) is 0 Å². The molecule has 2 aromatic rings. The number of carbonyl (C=O) groups is 1. The number of aldehydes is 1. The third-order valence-corrected chi connectivity index (χ3v) is 5.98. The molecule has 3 rings (SSSR count). The van der Waals surface area contributed by atoms with Crippen molar-refractivity contribution in [1.29, 1.82) is 0 Å². The van der Waals surface area contributed by atoms with E-state index in [0.717, 1.165) is 29.7 Å². The van der Waals surface area contributed by atoms with Gasteiger partial charge in [0.2, 0.25) is 0 Å². The summed E-state index contributed by atoms with van der Waals surface area (Å²) in [4.78, 5) is 14.7. The Balaban J connectivity index is 1.76. The minimum atomic E-state index is -0.721. The van der Waals surface area contributed by atoms with Crippen molar-refractivity contribution < 1.29 is 18.3 Å². The number of pyridine rings is 1. The SMILES string of the molecule is O=CCCCCOc1c(F)cc(-c2cccnc2SC2CCCC2)cc1F. The minimum Gasteiger partial charge on any atom is -0.488 e. The summed E-state index contributed by atoms with van der Waals surface area (Å²) in [5, 5.41) is 1.33. The Kier molecular flexibility index (Phi) is 7.21. The number of halogens is 2. The molecule has 0 spiro atoms. The first kappa shape index (κ1) is 19.8. The van der Waals surface area contributed by atoms with Crippen molar-refractivity contribution in [2.75, 3.05) is 6.61 Å². The normalized spacial score (nSPS) is 14.4. The Morgan fingerprint density at radius 1 is 1.19 bits per heavy atom. The van der Waals surface area contributed by atoms with Crippen LogP contribution < -0.4 is 4.74 Å². The van der Waals surface area contributed by atoms with Crippen molar-refractivity contribution in [1.82, 2.24) is 4.98 Å². The van der Waals surface area contributed by atoms with Crippen molar-refractivity contribution in [2.45, 2.75) is 55.2 Å². The van der Waals surface area contributed by atoms with Gasteiger partial charge in [0.15, 0.2) is 17.4 Å². The van der Waals surface area contributed by atoms with Crippen LogP contribution in [0.5, 0.6) is 5.75 Å². The molecular weight excluding hydrogens is 368 g/mol. The van der Waals surface area contributed by atoms with E-state index in [4.69, 9.17) is 4.74 Å². The number of hydrogen-bond acceptors (Lipinski definition) is 4. The third kappa shape index (κ3) is 5.28. The van der Waals surface area contributed by atoms with Crippen molar-refractivity contribution in [2.24, 2.45) is 0 Å². The molecule has 0 bridgehead atoms. The van der Waals surface area contributed by atoms with E-state index in [2.05, 4.69) is 4.98 Å². The van der Waals surface area contributed by atoms with Gasteiger partial charge in [0.1, 0.15) is 11.3 Å². The molecule has 0 unspecified atom stereocenters. The maximum atomic E-state index is 14.5.